The van der Waals surface area contributed by atoms with Crippen LogP contribution in [-0.2, 0) is 19.6 Å². The SMILES string of the molecule is Clc1ccc(CCNCc2ccccc2OCc2ccc(Cl)c(Cl)c2)c(Cl)c1. The highest BCUT2D eigenvalue weighted by atomic mass is 35.5. The lowest BCUT2D eigenvalue weighted by Gasteiger charge is -2.13. The van der Waals surface area contributed by atoms with Gasteiger partial charge in [-0.2, -0.15) is 0 Å². The molecule has 2 nitrogen and oxygen atoms in total. The molecule has 0 heterocycles. The van der Waals surface area contributed by atoms with Crippen molar-refractivity contribution in [3.63, 3.8) is 0 Å². The minimum atomic E-state index is 0.425. The lowest BCUT2D eigenvalue weighted by atomic mass is 10.1. The van der Waals surface area contributed by atoms with Crippen LogP contribution in [0, 0.1) is 0 Å². The third-order valence-corrected chi connectivity index (χ3v) is 5.58. The molecule has 0 aliphatic heterocycles. The standard InChI is InChI=1S/C22H19Cl4NO/c23-18-7-6-16(20(25)12-18)9-10-27-13-17-3-1-2-4-22(17)28-14-15-5-8-19(24)21(26)11-15/h1-8,11-12,27H,9-10,13-14H2. The summed E-state index contributed by atoms with van der Waals surface area (Å²) in [4.78, 5) is 0. The van der Waals surface area contributed by atoms with Crippen molar-refractivity contribution in [2.24, 2.45) is 0 Å². The Labute approximate surface area is 185 Å². The Balaban J connectivity index is 1.54. The first kappa shape index (κ1) is 21.3. The summed E-state index contributed by atoms with van der Waals surface area (Å²) >= 11 is 24.2. The van der Waals surface area contributed by atoms with Crippen molar-refractivity contribution in [1.29, 1.82) is 0 Å². The van der Waals surface area contributed by atoms with E-state index in [2.05, 4.69) is 5.32 Å². The first-order chi connectivity index (χ1) is 13.5. The fourth-order valence-electron chi connectivity index (χ4n) is 2.75. The molecule has 146 valence electrons. The van der Waals surface area contributed by atoms with Crippen molar-refractivity contribution in [3.05, 3.63) is 97.4 Å². The highest BCUT2D eigenvalue weighted by Crippen LogP contribution is 2.25. The van der Waals surface area contributed by atoms with Crippen molar-refractivity contribution < 1.29 is 4.74 Å². The molecule has 0 aliphatic rings. The molecule has 0 radical (unpaired) electrons. The van der Waals surface area contributed by atoms with Gasteiger partial charge in [-0.25, -0.2) is 0 Å². The fraction of sp³-hybridized carbons (Fsp3) is 0.182. The summed E-state index contributed by atoms with van der Waals surface area (Å²) in [5.74, 6) is 0.839. The molecule has 3 aromatic carbocycles. The molecule has 0 aliphatic carbocycles. The molecule has 0 spiro atoms. The molecule has 3 rings (SSSR count). The zero-order valence-electron chi connectivity index (χ0n) is 15.0. The lowest BCUT2D eigenvalue weighted by molar-refractivity contribution is 0.302. The highest BCUT2D eigenvalue weighted by Gasteiger charge is 2.06. The van der Waals surface area contributed by atoms with Gasteiger partial charge in [0, 0.05) is 22.2 Å². The molecular weight excluding hydrogens is 436 g/mol. The van der Waals surface area contributed by atoms with Gasteiger partial charge >= 0.3 is 0 Å². The van der Waals surface area contributed by atoms with E-state index in [0.717, 1.165) is 35.4 Å². The second-order valence-corrected chi connectivity index (χ2v) is 7.97. The molecule has 0 saturated heterocycles. The zero-order valence-corrected chi connectivity index (χ0v) is 18.0. The minimum absolute atomic E-state index is 0.425. The quantitative estimate of drug-likeness (QED) is 0.363. The van der Waals surface area contributed by atoms with E-state index in [1.165, 1.54) is 0 Å². The summed E-state index contributed by atoms with van der Waals surface area (Å²) in [5.41, 5.74) is 3.13. The van der Waals surface area contributed by atoms with Crippen LogP contribution in [0.15, 0.2) is 60.7 Å². The second-order valence-electron chi connectivity index (χ2n) is 6.31. The third kappa shape index (κ3) is 6.04. The topological polar surface area (TPSA) is 21.3 Å². The Morgan fingerprint density at radius 2 is 1.57 bits per heavy atom. The number of rotatable bonds is 8. The molecule has 1 N–H and O–H groups in total. The predicted molar refractivity (Wildman–Crippen MR) is 119 cm³/mol. The van der Waals surface area contributed by atoms with Gasteiger partial charge in [0.2, 0.25) is 0 Å². The summed E-state index contributed by atoms with van der Waals surface area (Å²) in [6.07, 6.45) is 0.822. The van der Waals surface area contributed by atoms with E-state index in [1.54, 1.807) is 12.1 Å². The van der Waals surface area contributed by atoms with Gasteiger partial charge in [0.05, 0.1) is 10.0 Å². The van der Waals surface area contributed by atoms with Crippen molar-refractivity contribution >= 4 is 46.4 Å². The number of benzene rings is 3. The molecule has 0 atom stereocenters. The minimum Gasteiger partial charge on any atom is -0.489 e. The Kier molecular flexibility index (Phi) is 7.90. The highest BCUT2D eigenvalue weighted by molar-refractivity contribution is 6.42. The summed E-state index contributed by atoms with van der Waals surface area (Å²) in [7, 11) is 0. The first-order valence-corrected chi connectivity index (χ1v) is 10.3. The van der Waals surface area contributed by atoms with Crippen LogP contribution in [0.25, 0.3) is 0 Å². The maximum Gasteiger partial charge on any atom is 0.124 e. The van der Waals surface area contributed by atoms with Crippen LogP contribution in [0.3, 0.4) is 0 Å². The van der Waals surface area contributed by atoms with Crippen molar-refractivity contribution in [1.82, 2.24) is 5.32 Å². The summed E-state index contributed by atoms with van der Waals surface area (Å²) in [6.45, 7) is 1.92. The number of hydrogen-bond acceptors (Lipinski definition) is 2. The van der Waals surface area contributed by atoms with Crippen molar-refractivity contribution in [3.8, 4) is 5.75 Å². The zero-order chi connectivity index (χ0) is 19.9. The van der Waals surface area contributed by atoms with E-state index in [4.69, 9.17) is 51.1 Å². The number of hydrogen-bond donors (Lipinski definition) is 1. The molecule has 28 heavy (non-hydrogen) atoms. The smallest absolute Gasteiger partial charge is 0.124 e. The lowest BCUT2D eigenvalue weighted by Crippen LogP contribution is -2.17. The largest absolute Gasteiger partial charge is 0.489 e. The Morgan fingerprint density at radius 3 is 2.36 bits per heavy atom. The van der Waals surface area contributed by atoms with Gasteiger partial charge in [-0.3, -0.25) is 0 Å². The van der Waals surface area contributed by atoms with E-state index in [0.29, 0.717) is 33.2 Å². The molecular formula is C22H19Cl4NO. The fourth-order valence-corrected chi connectivity index (χ4v) is 3.58. The predicted octanol–water partition coefficient (Wildman–Crippen LogP) is 7.21. The number of halogens is 4. The first-order valence-electron chi connectivity index (χ1n) is 8.82. The van der Waals surface area contributed by atoms with E-state index >= 15 is 0 Å². The number of nitrogens with one attached hydrogen (secondary N) is 1. The maximum absolute atomic E-state index is 6.22. The average molecular weight is 455 g/mol. The molecule has 6 heteroatoms. The second kappa shape index (κ2) is 10.4. The van der Waals surface area contributed by atoms with Crippen LogP contribution < -0.4 is 10.1 Å². The average Bonchev–Trinajstić information content (AvgIpc) is 2.68. The van der Waals surface area contributed by atoms with Gasteiger partial charge < -0.3 is 10.1 Å². The summed E-state index contributed by atoms with van der Waals surface area (Å²) in [6, 6.07) is 19.1. The van der Waals surface area contributed by atoms with E-state index in [-0.39, 0.29) is 0 Å². The van der Waals surface area contributed by atoms with Gasteiger partial charge in [-0.1, -0.05) is 76.7 Å². The van der Waals surface area contributed by atoms with Gasteiger partial charge in [0.15, 0.2) is 0 Å². The molecule has 0 fully saturated rings. The molecule has 0 unspecified atom stereocenters. The normalized spacial score (nSPS) is 10.9. The Morgan fingerprint density at radius 1 is 0.750 bits per heavy atom. The van der Waals surface area contributed by atoms with Crippen molar-refractivity contribution in [2.45, 2.75) is 19.6 Å². The summed E-state index contributed by atoms with van der Waals surface area (Å²) in [5, 5.41) is 5.84. The molecule has 0 saturated carbocycles. The van der Waals surface area contributed by atoms with E-state index < -0.39 is 0 Å². The van der Waals surface area contributed by atoms with Crippen LogP contribution in [0.4, 0.5) is 0 Å². The Bertz CT molecular complexity index is 946. The van der Waals surface area contributed by atoms with Gasteiger partial charge in [-0.05, 0) is 54.4 Å². The van der Waals surface area contributed by atoms with E-state index in [1.807, 2.05) is 48.5 Å². The Hall–Kier alpha value is -1.42. The number of ether oxygens (including phenoxy) is 1. The van der Waals surface area contributed by atoms with E-state index in [9.17, 15) is 0 Å². The van der Waals surface area contributed by atoms with Crippen molar-refractivity contribution in [2.75, 3.05) is 6.54 Å². The van der Waals surface area contributed by atoms with Crippen LogP contribution in [-0.4, -0.2) is 6.54 Å². The van der Waals surface area contributed by atoms with Gasteiger partial charge in [0.25, 0.3) is 0 Å². The van der Waals surface area contributed by atoms with Crippen LogP contribution in [0.1, 0.15) is 16.7 Å². The van der Waals surface area contributed by atoms with Gasteiger partial charge in [0.1, 0.15) is 12.4 Å². The summed E-state index contributed by atoms with van der Waals surface area (Å²) < 4.78 is 5.99. The van der Waals surface area contributed by atoms with Crippen LogP contribution >= 0.6 is 46.4 Å². The maximum atomic E-state index is 6.22. The molecule has 0 bridgehead atoms. The monoisotopic (exact) mass is 453 g/mol. The number of para-hydroxylation sites is 1. The van der Waals surface area contributed by atoms with Gasteiger partial charge in [-0.15, -0.1) is 0 Å². The molecule has 0 amide bonds. The molecule has 3 aromatic rings. The molecule has 0 aromatic heterocycles. The third-order valence-electron chi connectivity index (χ3n) is 4.25. The van der Waals surface area contributed by atoms with Crippen LogP contribution in [0.2, 0.25) is 20.1 Å². The van der Waals surface area contributed by atoms with Crippen LogP contribution in [0.5, 0.6) is 5.75 Å².